The van der Waals surface area contributed by atoms with Crippen molar-refractivity contribution >= 4 is 44.8 Å². The molecule has 5 nitrogen and oxygen atoms in total. The second-order valence-electron chi connectivity index (χ2n) is 5.41. The third-order valence-electron chi connectivity index (χ3n) is 3.58. The first-order valence-electron chi connectivity index (χ1n) is 6.99. The van der Waals surface area contributed by atoms with Gasteiger partial charge in [0.1, 0.15) is 6.54 Å². The molecule has 1 aromatic carbocycles. The van der Waals surface area contributed by atoms with Crippen molar-refractivity contribution in [1.29, 1.82) is 0 Å². The summed E-state index contributed by atoms with van der Waals surface area (Å²) in [5.74, 6) is -0.339. The van der Waals surface area contributed by atoms with Crippen molar-refractivity contribution in [3.8, 4) is 0 Å². The van der Waals surface area contributed by atoms with E-state index < -0.39 is 10.0 Å². The van der Waals surface area contributed by atoms with Crippen molar-refractivity contribution < 1.29 is 13.2 Å². The molecule has 8 heteroatoms. The lowest BCUT2D eigenvalue weighted by Crippen LogP contribution is -2.43. The van der Waals surface area contributed by atoms with Gasteiger partial charge in [-0.05, 0) is 31.0 Å². The van der Waals surface area contributed by atoms with Crippen molar-refractivity contribution in [2.24, 2.45) is 0 Å². The number of hydrogen-bond acceptors (Lipinski definition) is 3. The average Bonchev–Trinajstić information content (AvgIpc) is 2.90. The zero-order valence-corrected chi connectivity index (χ0v) is 14.5. The van der Waals surface area contributed by atoms with Crippen molar-refractivity contribution in [3.63, 3.8) is 0 Å². The summed E-state index contributed by atoms with van der Waals surface area (Å²) < 4.78 is 25.0. The maximum atomic E-state index is 12.1. The number of nitrogens with one attached hydrogen (secondary N) is 1. The number of halogens is 2. The normalized spacial score (nSPS) is 15.8. The second-order valence-corrected chi connectivity index (χ2v) is 8.16. The van der Waals surface area contributed by atoms with E-state index in [9.17, 15) is 13.2 Å². The lowest BCUT2D eigenvalue weighted by Gasteiger charge is -2.24. The third-order valence-corrected chi connectivity index (χ3v) is 5.27. The molecular weight excluding hydrogens is 347 g/mol. The van der Waals surface area contributed by atoms with Gasteiger partial charge >= 0.3 is 0 Å². The van der Waals surface area contributed by atoms with Gasteiger partial charge in [0, 0.05) is 11.1 Å². The molecule has 1 aliphatic rings. The quantitative estimate of drug-likeness (QED) is 0.873. The first-order valence-corrected chi connectivity index (χ1v) is 9.60. The molecule has 1 fully saturated rings. The van der Waals surface area contributed by atoms with Crippen molar-refractivity contribution in [3.05, 3.63) is 28.2 Å². The zero-order chi connectivity index (χ0) is 16.3. The van der Waals surface area contributed by atoms with Crippen molar-refractivity contribution in [2.75, 3.05) is 17.1 Å². The minimum atomic E-state index is -3.66. The minimum Gasteiger partial charge on any atom is -0.352 e. The second kappa shape index (κ2) is 7.06. The fourth-order valence-electron chi connectivity index (χ4n) is 2.53. The Balaban J connectivity index is 2.20. The molecule has 1 aromatic rings. The van der Waals surface area contributed by atoms with Crippen LogP contribution in [0.1, 0.15) is 25.7 Å². The molecule has 0 unspecified atom stereocenters. The molecule has 22 heavy (non-hydrogen) atoms. The van der Waals surface area contributed by atoms with Gasteiger partial charge in [-0.3, -0.25) is 9.10 Å². The fourth-order valence-corrected chi connectivity index (χ4v) is 3.83. The van der Waals surface area contributed by atoms with Gasteiger partial charge in [0.05, 0.1) is 17.0 Å². The van der Waals surface area contributed by atoms with Crippen LogP contribution in [0.3, 0.4) is 0 Å². The van der Waals surface area contributed by atoms with E-state index >= 15 is 0 Å². The number of rotatable bonds is 5. The Morgan fingerprint density at radius 3 is 2.55 bits per heavy atom. The Morgan fingerprint density at radius 2 is 1.95 bits per heavy atom. The predicted molar refractivity (Wildman–Crippen MR) is 89.1 cm³/mol. The van der Waals surface area contributed by atoms with E-state index in [0.717, 1.165) is 36.2 Å². The molecule has 0 heterocycles. The van der Waals surface area contributed by atoms with Crippen LogP contribution in [0, 0.1) is 0 Å². The monoisotopic (exact) mass is 364 g/mol. The number of nitrogens with zero attached hydrogens (tertiary/aromatic N) is 1. The molecule has 0 aromatic heterocycles. The van der Waals surface area contributed by atoms with Gasteiger partial charge in [0.15, 0.2) is 0 Å². The van der Waals surface area contributed by atoms with Crippen LogP contribution in [-0.4, -0.2) is 33.2 Å². The molecule has 122 valence electrons. The van der Waals surface area contributed by atoms with Crippen LogP contribution in [0.2, 0.25) is 10.0 Å². The molecule has 1 amide bonds. The predicted octanol–water partition coefficient (Wildman–Crippen LogP) is 2.82. The average molecular weight is 365 g/mol. The molecule has 2 rings (SSSR count). The van der Waals surface area contributed by atoms with E-state index in [-0.39, 0.29) is 29.2 Å². The molecule has 0 radical (unpaired) electrons. The molecule has 0 aliphatic heterocycles. The zero-order valence-electron chi connectivity index (χ0n) is 12.2. The molecular formula is C14H18Cl2N2O3S. The van der Waals surface area contributed by atoms with Crippen LogP contribution in [0.5, 0.6) is 0 Å². The van der Waals surface area contributed by atoms with Crippen LogP contribution in [0.25, 0.3) is 0 Å². The van der Waals surface area contributed by atoms with Crippen LogP contribution < -0.4 is 9.62 Å². The molecule has 0 spiro atoms. The summed E-state index contributed by atoms with van der Waals surface area (Å²) in [7, 11) is -3.66. The SMILES string of the molecule is CS(=O)(=O)N(CC(=O)NC1CCCC1)c1cc(Cl)ccc1Cl. The van der Waals surface area contributed by atoms with Crippen LogP contribution in [0.4, 0.5) is 5.69 Å². The van der Waals surface area contributed by atoms with E-state index in [0.29, 0.717) is 5.02 Å². The van der Waals surface area contributed by atoms with E-state index in [2.05, 4.69) is 5.32 Å². The molecule has 0 bridgehead atoms. The Kier molecular flexibility index (Phi) is 5.58. The smallest absolute Gasteiger partial charge is 0.240 e. The lowest BCUT2D eigenvalue weighted by atomic mass is 10.2. The number of benzene rings is 1. The van der Waals surface area contributed by atoms with Gasteiger partial charge < -0.3 is 5.32 Å². The van der Waals surface area contributed by atoms with Crippen LogP contribution in [0.15, 0.2) is 18.2 Å². The number of carbonyl (C=O) groups is 1. The van der Waals surface area contributed by atoms with E-state index in [1.807, 2.05) is 0 Å². The van der Waals surface area contributed by atoms with Crippen LogP contribution >= 0.6 is 23.2 Å². The summed E-state index contributed by atoms with van der Waals surface area (Å²) in [5, 5.41) is 3.44. The van der Waals surface area contributed by atoms with Gasteiger partial charge in [-0.25, -0.2) is 8.42 Å². The first kappa shape index (κ1) is 17.4. The van der Waals surface area contributed by atoms with Gasteiger partial charge in [0.2, 0.25) is 15.9 Å². The largest absolute Gasteiger partial charge is 0.352 e. The van der Waals surface area contributed by atoms with Crippen molar-refractivity contribution in [2.45, 2.75) is 31.7 Å². The van der Waals surface area contributed by atoms with E-state index in [1.54, 1.807) is 6.07 Å². The first-order chi connectivity index (χ1) is 10.3. The molecule has 0 saturated heterocycles. The summed E-state index contributed by atoms with van der Waals surface area (Å²) in [5.41, 5.74) is 0.207. The highest BCUT2D eigenvalue weighted by atomic mass is 35.5. The highest BCUT2D eigenvalue weighted by Crippen LogP contribution is 2.30. The molecule has 1 N–H and O–H groups in total. The van der Waals surface area contributed by atoms with Crippen LogP contribution in [-0.2, 0) is 14.8 Å². The number of hydrogen-bond donors (Lipinski definition) is 1. The van der Waals surface area contributed by atoms with Gasteiger partial charge in [-0.1, -0.05) is 36.0 Å². The van der Waals surface area contributed by atoms with Crippen molar-refractivity contribution in [1.82, 2.24) is 5.32 Å². The number of sulfonamides is 1. The summed E-state index contributed by atoms with van der Waals surface area (Å²) in [6, 6.07) is 4.63. The number of anilines is 1. The minimum absolute atomic E-state index is 0.128. The highest BCUT2D eigenvalue weighted by molar-refractivity contribution is 7.92. The Hall–Kier alpha value is -0.980. The van der Waals surface area contributed by atoms with Gasteiger partial charge in [0.25, 0.3) is 0 Å². The number of amides is 1. The third kappa shape index (κ3) is 4.51. The lowest BCUT2D eigenvalue weighted by molar-refractivity contribution is -0.120. The topological polar surface area (TPSA) is 66.5 Å². The van der Waals surface area contributed by atoms with E-state index in [1.165, 1.54) is 12.1 Å². The maximum absolute atomic E-state index is 12.1. The summed E-state index contributed by atoms with van der Waals surface area (Å²) in [6.45, 7) is -0.310. The Labute approximate surface area is 140 Å². The Morgan fingerprint density at radius 1 is 1.32 bits per heavy atom. The summed E-state index contributed by atoms with van der Waals surface area (Å²) >= 11 is 12.0. The van der Waals surface area contributed by atoms with Gasteiger partial charge in [-0.2, -0.15) is 0 Å². The Bertz CT molecular complexity index is 658. The van der Waals surface area contributed by atoms with E-state index in [4.69, 9.17) is 23.2 Å². The van der Waals surface area contributed by atoms with Gasteiger partial charge in [-0.15, -0.1) is 0 Å². The molecule has 1 saturated carbocycles. The standard InChI is InChI=1S/C14H18Cl2N2O3S/c1-22(20,21)18(13-8-10(15)6-7-12(13)16)9-14(19)17-11-4-2-3-5-11/h6-8,11H,2-5,9H2,1H3,(H,17,19). The summed E-state index contributed by atoms with van der Waals surface area (Å²) in [4.78, 5) is 12.1. The fraction of sp³-hybridized carbons (Fsp3) is 0.500. The molecule has 1 aliphatic carbocycles. The molecule has 0 atom stereocenters. The highest BCUT2D eigenvalue weighted by Gasteiger charge is 2.25. The summed E-state index contributed by atoms with van der Waals surface area (Å²) in [6.07, 6.45) is 5.07. The maximum Gasteiger partial charge on any atom is 0.240 e. The number of carbonyl (C=O) groups excluding carboxylic acids is 1.